The monoisotopic (exact) mass is 318 g/mol. The molecular formula is C17H19ClN2S. The minimum absolute atomic E-state index is 0.581. The van der Waals surface area contributed by atoms with Gasteiger partial charge in [-0.2, -0.15) is 0 Å². The molecule has 3 rings (SSSR count). The summed E-state index contributed by atoms with van der Waals surface area (Å²) in [5.41, 5.74) is 3.97. The van der Waals surface area contributed by atoms with Crippen molar-refractivity contribution >= 4 is 23.4 Å². The maximum absolute atomic E-state index is 6.25. The molecule has 0 bridgehead atoms. The van der Waals surface area contributed by atoms with Gasteiger partial charge in [-0.05, 0) is 55.9 Å². The fourth-order valence-electron chi connectivity index (χ4n) is 2.67. The van der Waals surface area contributed by atoms with Crippen LogP contribution in [-0.2, 0) is 19.3 Å². The van der Waals surface area contributed by atoms with E-state index in [-0.39, 0.29) is 0 Å². The predicted molar refractivity (Wildman–Crippen MR) is 88.4 cm³/mol. The van der Waals surface area contributed by atoms with Crippen LogP contribution in [0.3, 0.4) is 0 Å². The van der Waals surface area contributed by atoms with Crippen LogP contribution >= 0.6 is 23.4 Å². The Morgan fingerprint density at radius 3 is 2.81 bits per heavy atom. The standard InChI is InChI=1S/C17H19ClN2S/c1-3-5-15-19-16(18)11(2)17(20-15)21-14-9-8-12-6-4-7-13(12)10-14/h8-10H,3-7H2,1-2H3. The van der Waals surface area contributed by atoms with Crippen molar-refractivity contribution < 1.29 is 0 Å². The number of halogens is 1. The number of rotatable bonds is 4. The maximum Gasteiger partial charge on any atom is 0.136 e. The van der Waals surface area contributed by atoms with Crippen LogP contribution in [0.2, 0.25) is 5.15 Å². The third-order valence-corrected chi connectivity index (χ3v) is 5.29. The maximum atomic E-state index is 6.25. The quantitative estimate of drug-likeness (QED) is 0.739. The molecule has 0 saturated heterocycles. The highest BCUT2D eigenvalue weighted by atomic mass is 35.5. The lowest BCUT2D eigenvalue weighted by atomic mass is 10.1. The Labute approximate surface area is 135 Å². The van der Waals surface area contributed by atoms with Crippen LogP contribution in [0.15, 0.2) is 28.1 Å². The van der Waals surface area contributed by atoms with E-state index in [1.807, 2.05) is 6.92 Å². The first kappa shape index (κ1) is 14.9. The third kappa shape index (κ3) is 3.24. The van der Waals surface area contributed by atoms with E-state index < -0.39 is 0 Å². The van der Waals surface area contributed by atoms with Crippen molar-refractivity contribution in [2.75, 3.05) is 0 Å². The van der Waals surface area contributed by atoms with Crippen molar-refractivity contribution in [2.24, 2.45) is 0 Å². The van der Waals surface area contributed by atoms with E-state index >= 15 is 0 Å². The van der Waals surface area contributed by atoms with Crippen LogP contribution in [0.1, 0.15) is 42.3 Å². The molecular weight excluding hydrogens is 300 g/mol. The Hall–Kier alpha value is -1.06. The molecule has 0 fully saturated rings. The van der Waals surface area contributed by atoms with Crippen molar-refractivity contribution in [1.82, 2.24) is 9.97 Å². The Kier molecular flexibility index (Phi) is 4.51. The smallest absolute Gasteiger partial charge is 0.136 e. The molecule has 2 nitrogen and oxygen atoms in total. The molecule has 2 aromatic rings. The van der Waals surface area contributed by atoms with E-state index in [4.69, 9.17) is 11.6 Å². The van der Waals surface area contributed by atoms with Crippen LogP contribution in [0.25, 0.3) is 0 Å². The zero-order valence-corrected chi connectivity index (χ0v) is 14.0. The summed E-state index contributed by atoms with van der Waals surface area (Å²) in [6, 6.07) is 6.77. The number of aromatic nitrogens is 2. The SMILES string of the molecule is CCCc1nc(Cl)c(C)c(Sc2ccc3c(c2)CCC3)n1. The van der Waals surface area contributed by atoms with Crippen LogP contribution in [0.4, 0.5) is 0 Å². The van der Waals surface area contributed by atoms with Gasteiger partial charge in [-0.1, -0.05) is 36.4 Å². The number of hydrogen-bond acceptors (Lipinski definition) is 3. The third-order valence-electron chi connectivity index (χ3n) is 3.85. The summed E-state index contributed by atoms with van der Waals surface area (Å²) in [7, 11) is 0. The first-order valence-electron chi connectivity index (χ1n) is 7.50. The lowest BCUT2D eigenvalue weighted by molar-refractivity contribution is 0.801. The summed E-state index contributed by atoms with van der Waals surface area (Å²) in [5.74, 6) is 0.844. The molecule has 21 heavy (non-hydrogen) atoms. The second kappa shape index (κ2) is 6.37. The molecule has 0 spiro atoms. The summed E-state index contributed by atoms with van der Waals surface area (Å²) in [5, 5.41) is 1.56. The number of aryl methyl sites for hydroxylation is 3. The summed E-state index contributed by atoms with van der Waals surface area (Å²) in [6.45, 7) is 4.12. The van der Waals surface area contributed by atoms with Crippen molar-refractivity contribution in [3.05, 3.63) is 45.9 Å². The Balaban J connectivity index is 1.90. The van der Waals surface area contributed by atoms with Crippen LogP contribution in [-0.4, -0.2) is 9.97 Å². The van der Waals surface area contributed by atoms with Gasteiger partial charge in [-0.3, -0.25) is 0 Å². The van der Waals surface area contributed by atoms with E-state index in [0.717, 1.165) is 29.3 Å². The van der Waals surface area contributed by atoms with Gasteiger partial charge < -0.3 is 0 Å². The second-order valence-corrected chi connectivity index (χ2v) is 6.92. The van der Waals surface area contributed by atoms with Gasteiger partial charge in [-0.25, -0.2) is 9.97 Å². The predicted octanol–water partition coefficient (Wildman–Crippen LogP) is 5.03. The first-order chi connectivity index (χ1) is 10.2. The minimum Gasteiger partial charge on any atom is -0.226 e. The average Bonchev–Trinajstić information content (AvgIpc) is 2.92. The molecule has 0 aliphatic heterocycles. The van der Waals surface area contributed by atoms with Gasteiger partial charge in [0.25, 0.3) is 0 Å². The average molecular weight is 319 g/mol. The molecule has 1 aliphatic rings. The van der Waals surface area contributed by atoms with Crippen LogP contribution in [0.5, 0.6) is 0 Å². The zero-order valence-electron chi connectivity index (χ0n) is 12.4. The topological polar surface area (TPSA) is 25.8 Å². The summed E-state index contributed by atoms with van der Waals surface area (Å²) in [4.78, 5) is 10.3. The molecule has 0 radical (unpaired) electrons. The Morgan fingerprint density at radius 2 is 2.00 bits per heavy atom. The molecule has 0 atom stereocenters. The minimum atomic E-state index is 0.581. The van der Waals surface area contributed by atoms with Crippen LogP contribution < -0.4 is 0 Å². The molecule has 1 aromatic heterocycles. The van der Waals surface area contributed by atoms with Crippen molar-refractivity contribution in [3.8, 4) is 0 Å². The van der Waals surface area contributed by atoms with Gasteiger partial charge in [-0.15, -0.1) is 0 Å². The molecule has 4 heteroatoms. The molecule has 0 amide bonds. The highest BCUT2D eigenvalue weighted by Gasteiger charge is 2.14. The van der Waals surface area contributed by atoms with Gasteiger partial charge in [0.1, 0.15) is 16.0 Å². The Morgan fingerprint density at radius 1 is 1.19 bits per heavy atom. The van der Waals surface area contributed by atoms with E-state index in [1.165, 1.54) is 35.3 Å². The van der Waals surface area contributed by atoms with E-state index in [9.17, 15) is 0 Å². The molecule has 1 aromatic carbocycles. The molecule has 0 saturated carbocycles. The van der Waals surface area contributed by atoms with E-state index in [2.05, 4.69) is 35.1 Å². The number of fused-ring (bicyclic) bond motifs is 1. The van der Waals surface area contributed by atoms with Gasteiger partial charge in [0.15, 0.2) is 0 Å². The highest BCUT2D eigenvalue weighted by Crippen LogP contribution is 2.34. The van der Waals surface area contributed by atoms with Crippen molar-refractivity contribution in [3.63, 3.8) is 0 Å². The normalized spacial score (nSPS) is 13.5. The molecule has 110 valence electrons. The van der Waals surface area contributed by atoms with Crippen LogP contribution in [0, 0.1) is 6.92 Å². The van der Waals surface area contributed by atoms with Gasteiger partial charge in [0.05, 0.1) is 0 Å². The zero-order chi connectivity index (χ0) is 14.8. The summed E-state index contributed by atoms with van der Waals surface area (Å²) in [6.07, 6.45) is 5.61. The van der Waals surface area contributed by atoms with Gasteiger partial charge in [0.2, 0.25) is 0 Å². The summed E-state index contributed by atoms with van der Waals surface area (Å²) < 4.78 is 0. The van der Waals surface area contributed by atoms with Gasteiger partial charge >= 0.3 is 0 Å². The Bertz CT molecular complexity index is 670. The van der Waals surface area contributed by atoms with E-state index in [0.29, 0.717) is 5.15 Å². The molecule has 0 unspecified atom stereocenters. The lowest BCUT2D eigenvalue weighted by Crippen LogP contribution is -1.99. The van der Waals surface area contributed by atoms with Crippen molar-refractivity contribution in [2.45, 2.75) is 55.9 Å². The fourth-order valence-corrected chi connectivity index (χ4v) is 3.87. The first-order valence-corrected chi connectivity index (χ1v) is 8.69. The number of benzene rings is 1. The number of hydrogen-bond donors (Lipinski definition) is 0. The molecule has 1 heterocycles. The van der Waals surface area contributed by atoms with Gasteiger partial charge in [0, 0.05) is 16.9 Å². The fraction of sp³-hybridized carbons (Fsp3) is 0.412. The highest BCUT2D eigenvalue weighted by molar-refractivity contribution is 7.99. The molecule has 0 N–H and O–H groups in total. The second-order valence-electron chi connectivity index (χ2n) is 5.50. The van der Waals surface area contributed by atoms with E-state index in [1.54, 1.807) is 11.8 Å². The number of nitrogens with zero attached hydrogens (tertiary/aromatic N) is 2. The molecule has 1 aliphatic carbocycles. The lowest BCUT2D eigenvalue weighted by Gasteiger charge is -2.09. The largest absolute Gasteiger partial charge is 0.226 e. The summed E-state index contributed by atoms with van der Waals surface area (Å²) >= 11 is 7.95. The van der Waals surface area contributed by atoms with Crippen molar-refractivity contribution in [1.29, 1.82) is 0 Å².